The summed E-state index contributed by atoms with van der Waals surface area (Å²) in [6, 6.07) is 12.4. The zero-order valence-electron chi connectivity index (χ0n) is 14.3. The average molecular weight is 358 g/mol. The van der Waals surface area contributed by atoms with Crippen molar-refractivity contribution in [2.45, 2.75) is 26.2 Å². The summed E-state index contributed by atoms with van der Waals surface area (Å²) in [5.41, 5.74) is 1.21. The number of hydrogen-bond donors (Lipinski definition) is 1. The van der Waals surface area contributed by atoms with Crippen molar-refractivity contribution in [2.24, 2.45) is 0 Å². The largest absolute Gasteiger partial charge is 0.483 e. The minimum atomic E-state index is -0.399. The molecule has 0 saturated carbocycles. The lowest BCUT2D eigenvalue weighted by molar-refractivity contribution is -0.118. The Kier molecular flexibility index (Phi) is 4.72. The summed E-state index contributed by atoms with van der Waals surface area (Å²) in [7, 11) is 0. The Bertz CT molecular complexity index is 915. The summed E-state index contributed by atoms with van der Waals surface area (Å²) < 4.78 is 20.0. The van der Waals surface area contributed by atoms with Crippen molar-refractivity contribution in [1.29, 1.82) is 0 Å². The Balaban J connectivity index is 1.68. The smallest absolute Gasteiger partial charge is 0.264 e. The zero-order valence-corrected chi connectivity index (χ0v) is 15.1. The van der Waals surface area contributed by atoms with Crippen LogP contribution in [-0.2, 0) is 10.2 Å². The summed E-state index contributed by atoms with van der Waals surface area (Å²) >= 11 is 1.23. The predicted molar refractivity (Wildman–Crippen MR) is 98.8 cm³/mol. The maximum atomic E-state index is 13.7. The molecule has 0 unspecified atom stereocenters. The van der Waals surface area contributed by atoms with Crippen molar-refractivity contribution < 1.29 is 13.9 Å². The summed E-state index contributed by atoms with van der Waals surface area (Å²) in [6.45, 7) is 6.13. The first-order valence-electron chi connectivity index (χ1n) is 7.92. The van der Waals surface area contributed by atoms with Gasteiger partial charge in [-0.05, 0) is 29.2 Å². The Morgan fingerprint density at radius 1 is 1.20 bits per heavy atom. The molecule has 0 atom stereocenters. The molecule has 0 aliphatic heterocycles. The fourth-order valence-electron chi connectivity index (χ4n) is 2.48. The molecule has 0 spiro atoms. The minimum Gasteiger partial charge on any atom is -0.483 e. The molecule has 3 rings (SSSR count). The lowest BCUT2D eigenvalue weighted by atomic mass is 9.86. The molecule has 4 nitrogen and oxygen atoms in total. The fourth-order valence-corrected chi connectivity index (χ4v) is 3.38. The molecule has 0 fully saturated rings. The average Bonchev–Trinajstić information content (AvgIpc) is 2.96. The number of nitrogens with zero attached hydrogens (tertiary/aromatic N) is 1. The van der Waals surface area contributed by atoms with Crippen LogP contribution >= 0.6 is 11.3 Å². The maximum Gasteiger partial charge on any atom is 0.264 e. The molecule has 1 aromatic heterocycles. The molecule has 6 heteroatoms. The number of aromatic nitrogens is 1. The van der Waals surface area contributed by atoms with E-state index in [0.29, 0.717) is 15.6 Å². The van der Waals surface area contributed by atoms with Gasteiger partial charge < -0.3 is 4.74 Å². The first kappa shape index (κ1) is 17.4. The van der Waals surface area contributed by atoms with Crippen LogP contribution in [0, 0.1) is 5.82 Å². The van der Waals surface area contributed by atoms with E-state index in [0.717, 1.165) is 5.56 Å². The van der Waals surface area contributed by atoms with E-state index in [1.165, 1.54) is 17.4 Å². The molecular weight excluding hydrogens is 339 g/mol. The third-order valence-electron chi connectivity index (χ3n) is 3.67. The number of amides is 1. The van der Waals surface area contributed by atoms with Gasteiger partial charge in [-0.1, -0.05) is 56.4 Å². The first-order chi connectivity index (χ1) is 11.8. The van der Waals surface area contributed by atoms with Gasteiger partial charge in [-0.25, -0.2) is 9.37 Å². The van der Waals surface area contributed by atoms with Crippen molar-refractivity contribution in [2.75, 3.05) is 11.9 Å². The van der Waals surface area contributed by atoms with Gasteiger partial charge in [-0.15, -0.1) is 0 Å². The molecule has 2 aromatic carbocycles. The molecule has 130 valence electrons. The molecular formula is C19H19FN2O2S. The maximum absolute atomic E-state index is 13.7. The topological polar surface area (TPSA) is 51.2 Å². The number of nitrogens with one attached hydrogen (secondary N) is 1. The number of hydrogen-bond acceptors (Lipinski definition) is 4. The number of carbonyl (C=O) groups excluding carboxylic acids is 1. The van der Waals surface area contributed by atoms with E-state index in [2.05, 4.69) is 31.1 Å². The first-order valence-corrected chi connectivity index (χ1v) is 8.73. The van der Waals surface area contributed by atoms with Crippen LogP contribution in [0.2, 0.25) is 0 Å². The fraction of sp³-hybridized carbons (Fsp3) is 0.263. The molecule has 25 heavy (non-hydrogen) atoms. The molecule has 1 heterocycles. The van der Waals surface area contributed by atoms with E-state index in [1.807, 2.05) is 24.3 Å². The van der Waals surface area contributed by atoms with Crippen LogP contribution < -0.4 is 10.1 Å². The monoisotopic (exact) mass is 358 g/mol. The van der Waals surface area contributed by atoms with Crippen LogP contribution in [0.4, 0.5) is 9.52 Å². The number of anilines is 1. The van der Waals surface area contributed by atoms with Crippen molar-refractivity contribution in [3.63, 3.8) is 0 Å². The predicted octanol–water partition coefficient (Wildman–Crippen LogP) is 4.75. The van der Waals surface area contributed by atoms with E-state index in [-0.39, 0.29) is 23.4 Å². The van der Waals surface area contributed by atoms with Crippen molar-refractivity contribution in [3.8, 4) is 5.75 Å². The van der Waals surface area contributed by atoms with Crippen LogP contribution in [0.15, 0.2) is 42.5 Å². The van der Waals surface area contributed by atoms with Gasteiger partial charge >= 0.3 is 0 Å². The second-order valence-corrected chi connectivity index (χ2v) is 7.72. The number of carbonyl (C=O) groups is 1. The SMILES string of the molecule is CC(C)(C)c1ccccc1OCC(=O)Nc1nc2c(F)cccc2s1. The summed E-state index contributed by atoms with van der Waals surface area (Å²) in [5.74, 6) is -0.0479. The van der Waals surface area contributed by atoms with Gasteiger partial charge in [0, 0.05) is 0 Å². The quantitative estimate of drug-likeness (QED) is 0.732. The second kappa shape index (κ2) is 6.80. The van der Waals surface area contributed by atoms with Crippen LogP contribution in [0.1, 0.15) is 26.3 Å². The van der Waals surface area contributed by atoms with Crippen LogP contribution in [0.25, 0.3) is 10.2 Å². The summed E-state index contributed by atoms with van der Waals surface area (Å²) in [5, 5.41) is 3.02. The number of rotatable bonds is 4. The van der Waals surface area contributed by atoms with E-state index < -0.39 is 5.82 Å². The number of benzene rings is 2. The number of halogens is 1. The van der Waals surface area contributed by atoms with Crippen molar-refractivity contribution in [1.82, 2.24) is 4.98 Å². The van der Waals surface area contributed by atoms with Gasteiger partial charge in [0.25, 0.3) is 5.91 Å². The van der Waals surface area contributed by atoms with Gasteiger partial charge in [0.15, 0.2) is 11.7 Å². The zero-order chi connectivity index (χ0) is 18.0. The van der Waals surface area contributed by atoms with Gasteiger partial charge in [-0.2, -0.15) is 0 Å². The lowest BCUT2D eigenvalue weighted by Crippen LogP contribution is -2.21. The highest BCUT2D eigenvalue weighted by atomic mass is 32.1. The molecule has 0 saturated heterocycles. The van der Waals surface area contributed by atoms with E-state index in [9.17, 15) is 9.18 Å². The molecule has 0 aliphatic rings. The van der Waals surface area contributed by atoms with Gasteiger partial charge in [0.05, 0.1) is 4.70 Å². The van der Waals surface area contributed by atoms with E-state index in [1.54, 1.807) is 12.1 Å². The van der Waals surface area contributed by atoms with Crippen LogP contribution in [-0.4, -0.2) is 17.5 Å². The van der Waals surface area contributed by atoms with Crippen molar-refractivity contribution in [3.05, 3.63) is 53.8 Å². The highest BCUT2D eigenvalue weighted by Gasteiger charge is 2.19. The van der Waals surface area contributed by atoms with Crippen LogP contribution in [0.3, 0.4) is 0 Å². The molecule has 1 N–H and O–H groups in total. The minimum absolute atomic E-state index is 0.0857. The lowest BCUT2D eigenvalue weighted by Gasteiger charge is -2.22. The normalized spacial score (nSPS) is 11.5. The summed E-state index contributed by atoms with van der Waals surface area (Å²) in [6.07, 6.45) is 0. The van der Waals surface area contributed by atoms with Gasteiger partial charge in [-0.3, -0.25) is 10.1 Å². The third-order valence-corrected chi connectivity index (χ3v) is 4.61. The Morgan fingerprint density at radius 3 is 2.68 bits per heavy atom. The highest BCUT2D eigenvalue weighted by molar-refractivity contribution is 7.22. The van der Waals surface area contributed by atoms with Crippen molar-refractivity contribution >= 4 is 32.6 Å². The third kappa shape index (κ3) is 3.96. The molecule has 0 bridgehead atoms. The Hall–Kier alpha value is -2.47. The number of fused-ring (bicyclic) bond motifs is 1. The molecule has 0 radical (unpaired) electrons. The second-order valence-electron chi connectivity index (χ2n) is 6.69. The molecule has 3 aromatic rings. The number of ether oxygens (including phenoxy) is 1. The molecule has 1 amide bonds. The Labute approximate surface area is 149 Å². The Morgan fingerprint density at radius 2 is 1.96 bits per heavy atom. The number of thiazole rings is 1. The standard InChI is InChI=1S/C19H19FN2O2S/c1-19(2,3)12-7-4-5-9-14(12)24-11-16(23)21-18-22-17-13(20)8-6-10-15(17)25-18/h4-10H,11H2,1-3H3,(H,21,22,23). The number of para-hydroxylation sites is 2. The van der Waals surface area contributed by atoms with Gasteiger partial charge in [0.1, 0.15) is 17.1 Å². The van der Waals surface area contributed by atoms with Crippen LogP contribution in [0.5, 0.6) is 5.75 Å². The highest BCUT2D eigenvalue weighted by Crippen LogP contribution is 2.31. The van der Waals surface area contributed by atoms with Gasteiger partial charge in [0.2, 0.25) is 0 Å². The molecule has 0 aliphatic carbocycles. The van der Waals surface area contributed by atoms with E-state index in [4.69, 9.17) is 4.74 Å². The van der Waals surface area contributed by atoms with E-state index >= 15 is 0 Å². The summed E-state index contributed by atoms with van der Waals surface area (Å²) in [4.78, 5) is 16.3.